The predicted molar refractivity (Wildman–Crippen MR) is 70.8 cm³/mol. The van der Waals surface area contributed by atoms with E-state index < -0.39 is 23.9 Å². The van der Waals surface area contributed by atoms with Gasteiger partial charge in [-0.1, -0.05) is 0 Å². The largest absolute Gasteiger partial charge is 0.451 e. The molecule has 0 saturated carbocycles. The van der Waals surface area contributed by atoms with Crippen LogP contribution < -0.4 is 16.0 Å². The van der Waals surface area contributed by atoms with Crippen LogP contribution in [-0.2, 0) is 11.0 Å². The number of rotatable bonds is 4. The van der Waals surface area contributed by atoms with Gasteiger partial charge in [0, 0.05) is 19.2 Å². The van der Waals surface area contributed by atoms with Gasteiger partial charge in [-0.15, -0.1) is 0 Å². The first-order valence-corrected chi connectivity index (χ1v) is 6.59. The SMILES string of the molecule is CCNc1cc(N2CCCC2C(N)=O)nc(C(F)(F)F)n1. The summed E-state index contributed by atoms with van der Waals surface area (Å²) in [4.78, 5) is 19.9. The van der Waals surface area contributed by atoms with Gasteiger partial charge in [-0.25, -0.2) is 9.97 Å². The van der Waals surface area contributed by atoms with Gasteiger partial charge in [0.25, 0.3) is 0 Å². The lowest BCUT2D eigenvalue weighted by Crippen LogP contribution is -2.41. The maximum atomic E-state index is 12.9. The third-order valence-corrected chi connectivity index (χ3v) is 3.20. The Balaban J connectivity index is 2.42. The molecule has 0 bridgehead atoms. The van der Waals surface area contributed by atoms with Crippen molar-refractivity contribution in [1.82, 2.24) is 9.97 Å². The second-order valence-corrected chi connectivity index (χ2v) is 4.72. The number of hydrogen-bond donors (Lipinski definition) is 2. The average molecular weight is 303 g/mol. The molecule has 1 fully saturated rings. The molecule has 1 aliphatic heterocycles. The van der Waals surface area contributed by atoms with E-state index in [1.807, 2.05) is 0 Å². The minimum Gasteiger partial charge on any atom is -0.370 e. The van der Waals surface area contributed by atoms with Crippen LogP contribution in [0.2, 0.25) is 0 Å². The summed E-state index contributed by atoms with van der Waals surface area (Å²) in [5, 5.41) is 2.73. The molecule has 3 N–H and O–H groups in total. The summed E-state index contributed by atoms with van der Waals surface area (Å²) in [6, 6.07) is 0.774. The molecule has 1 aromatic heterocycles. The number of hydrogen-bond acceptors (Lipinski definition) is 5. The Bertz CT molecular complexity index is 534. The van der Waals surface area contributed by atoms with Crippen molar-refractivity contribution < 1.29 is 18.0 Å². The van der Waals surface area contributed by atoms with Crippen LogP contribution in [-0.4, -0.2) is 35.0 Å². The minimum atomic E-state index is -4.65. The van der Waals surface area contributed by atoms with E-state index >= 15 is 0 Å². The Kier molecular flexibility index (Phi) is 4.19. The van der Waals surface area contributed by atoms with Crippen LogP contribution in [0.4, 0.5) is 24.8 Å². The number of amides is 1. The van der Waals surface area contributed by atoms with E-state index in [1.165, 1.54) is 11.0 Å². The molecule has 2 rings (SSSR count). The maximum Gasteiger partial charge on any atom is 0.451 e. The summed E-state index contributed by atoms with van der Waals surface area (Å²) in [5.41, 5.74) is 5.28. The van der Waals surface area contributed by atoms with Crippen molar-refractivity contribution in [3.05, 3.63) is 11.9 Å². The zero-order valence-corrected chi connectivity index (χ0v) is 11.4. The van der Waals surface area contributed by atoms with Crippen molar-refractivity contribution in [2.45, 2.75) is 32.0 Å². The van der Waals surface area contributed by atoms with E-state index in [2.05, 4.69) is 15.3 Å². The fourth-order valence-corrected chi connectivity index (χ4v) is 2.32. The van der Waals surface area contributed by atoms with E-state index in [9.17, 15) is 18.0 Å². The predicted octanol–water partition coefficient (Wildman–Crippen LogP) is 1.38. The highest BCUT2D eigenvalue weighted by Gasteiger charge is 2.37. The van der Waals surface area contributed by atoms with E-state index in [1.54, 1.807) is 6.92 Å². The number of carbonyl (C=O) groups excluding carboxylic acids is 1. The number of nitrogens with one attached hydrogen (secondary N) is 1. The first-order valence-electron chi connectivity index (χ1n) is 6.59. The average Bonchev–Trinajstić information content (AvgIpc) is 2.87. The van der Waals surface area contributed by atoms with E-state index in [0.29, 0.717) is 25.9 Å². The molecule has 9 heteroatoms. The van der Waals surface area contributed by atoms with Crippen molar-refractivity contribution in [3.8, 4) is 0 Å². The highest BCUT2D eigenvalue weighted by atomic mass is 19.4. The zero-order valence-electron chi connectivity index (χ0n) is 11.4. The van der Waals surface area contributed by atoms with Crippen molar-refractivity contribution in [1.29, 1.82) is 0 Å². The minimum absolute atomic E-state index is 0.0644. The van der Waals surface area contributed by atoms with Gasteiger partial charge in [-0.3, -0.25) is 4.79 Å². The Labute approximate surface area is 119 Å². The Morgan fingerprint density at radius 2 is 2.24 bits per heavy atom. The molecular weight excluding hydrogens is 287 g/mol. The smallest absolute Gasteiger partial charge is 0.370 e. The van der Waals surface area contributed by atoms with Crippen molar-refractivity contribution in [3.63, 3.8) is 0 Å². The van der Waals surface area contributed by atoms with Crippen LogP contribution in [0, 0.1) is 0 Å². The van der Waals surface area contributed by atoms with Gasteiger partial charge in [0.2, 0.25) is 11.7 Å². The van der Waals surface area contributed by atoms with Gasteiger partial charge in [0.1, 0.15) is 17.7 Å². The molecule has 0 spiro atoms. The molecule has 1 aliphatic rings. The fraction of sp³-hybridized carbons (Fsp3) is 0.583. The molecule has 116 valence electrons. The third-order valence-electron chi connectivity index (χ3n) is 3.20. The van der Waals surface area contributed by atoms with Gasteiger partial charge >= 0.3 is 6.18 Å². The van der Waals surface area contributed by atoms with Crippen molar-refractivity contribution >= 4 is 17.5 Å². The number of aromatic nitrogens is 2. The highest BCUT2D eigenvalue weighted by molar-refractivity contribution is 5.84. The quantitative estimate of drug-likeness (QED) is 0.878. The molecule has 1 atom stereocenters. The number of primary amides is 1. The number of alkyl halides is 3. The second-order valence-electron chi connectivity index (χ2n) is 4.72. The number of anilines is 2. The molecule has 2 heterocycles. The molecule has 1 aromatic rings. The maximum absolute atomic E-state index is 12.9. The first-order chi connectivity index (χ1) is 9.82. The van der Waals surface area contributed by atoms with Crippen molar-refractivity contribution in [2.75, 3.05) is 23.3 Å². The van der Waals surface area contributed by atoms with Crippen LogP contribution in [0.25, 0.3) is 0 Å². The summed E-state index contributed by atoms with van der Waals surface area (Å²) >= 11 is 0. The third kappa shape index (κ3) is 3.34. The monoisotopic (exact) mass is 303 g/mol. The number of nitrogens with zero attached hydrogens (tertiary/aromatic N) is 3. The molecule has 1 unspecified atom stereocenters. The van der Waals surface area contributed by atoms with Crippen LogP contribution in [0.5, 0.6) is 0 Å². The topological polar surface area (TPSA) is 84.1 Å². The molecule has 1 amide bonds. The van der Waals surface area contributed by atoms with Gasteiger partial charge in [0.15, 0.2) is 0 Å². The van der Waals surface area contributed by atoms with Crippen LogP contribution in [0.15, 0.2) is 6.07 Å². The summed E-state index contributed by atoms with van der Waals surface area (Å²) in [7, 11) is 0. The van der Waals surface area contributed by atoms with Crippen molar-refractivity contribution in [2.24, 2.45) is 5.73 Å². The molecule has 0 aromatic carbocycles. The van der Waals surface area contributed by atoms with Gasteiger partial charge in [0.05, 0.1) is 0 Å². The highest BCUT2D eigenvalue weighted by Crippen LogP contribution is 2.31. The Morgan fingerprint density at radius 3 is 2.81 bits per heavy atom. The molecule has 0 aliphatic carbocycles. The van der Waals surface area contributed by atoms with E-state index in [4.69, 9.17) is 5.73 Å². The van der Waals surface area contributed by atoms with Crippen LogP contribution in [0.1, 0.15) is 25.6 Å². The number of halogens is 3. The molecule has 21 heavy (non-hydrogen) atoms. The fourth-order valence-electron chi connectivity index (χ4n) is 2.32. The molecule has 0 radical (unpaired) electrons. The van der Waals surface area contributed by atoms with Gasteiger partial charge < -0.3 is 16.0 Å². The van der Waals surface area contributed by atoms with Gasteiger partial charge in [-0.2, -0.15) is 13.2 Å². The Hall–Kier alpha value is -2.06. The molecule has 1 saturated heterocycles. The lowest BCUT2D eigenvalue weighted by Gasteiger charge is -2.24. The molecular formula is C12H16F3N5O. The van der Waals surface area contributed by atoms with Crippen LogP contribution >= 0.6 is 0 Å². The van der Waals surface area contributed by atoms with E-state index in [-0.39, 0.29) is 11.6 Å². The summed E-state index contributed by atoms with van der Waals surface area (Å²) < 4.78 is 38.6. The zero-order chi connectivity index (χ0) is 15.6. The summed E-state index contributed by atoms with van der Waals surface area (Å²) in [6.07, 6.45) is -3.46. The molecule has 6 nitrogen and oxygen atoms in total. The lowest BCUT2D eigenvalue weighted by atomic mass is 10.2. The second kappa shape index (κ2) is 5.74. The van der Waals surface area contributed by atoms with Gasteiger partial charge in [-0.05, 0) is 19.8 Å². The number of nitrogens with two attached hydrogens (primary N) is 1. The van der Waals surface area contributed by atoms with Crippen LogP contribution in [0.3, 0.4) is 0 Å². The Morgan fingerprint density at radius 1 is 1.52 bits per heavy atom. The summed E-state index contributed by atoms with van der Waals surface area (Å²) in [6.45, 7) is 2.61. The van der Waals surface area contributed by atoms with E-state index in [0.717, 1.165) is 0 Å². The lowest BCUT2D eigenvalue weighted by molar-refractivity contribution is -0.144. The summed E-state index contributed by atoms with van der Waals surface area (Å²) in [5.74, 6) is -1.66. The first kappa shape index (κ1) is 15.3. The standard InChI is InChI=1S/C12H16F3N5O/c1-2-17-8-6-9(19-11(18-8)12(13,14)15)20-5-3-4-7(20)10(16)21/h6-7H,2-5H2,1H3,(H2,16,21)(H,17,18,19). The number of carbonyl (C=O) groups is 1. The normalized spacial score (nSPS) is 18.9.